The van der Waals surface area contributed by atoms with Gasteiger partial charge in [0, 0.05) is 11.3 Å². The van der Waals surface area contributed by atoms with Crippen molar-refractivity contribution in [2.75, 3.05) is 25.1 Å². The molecule has 0 atom stereocenters. The van der Waals surface area contributed by atoms with E-state index in [0.717, 1.165) is 12.0 Å². The van der Waals surface area contributed by atoms with Gasteiger partial charge in [0.15, 0.2) is 18.1 Å². The molecule has 0 aliphatic carbocycles. The standard InChI is InChI=1S/C28H29Br2N3O5/c1-4-11-37-24-10-9-20(15-25(24)36-5-2)28(35)33-31-16-19-13-22(29)27(23(30)14-19)38-17-26(34)32-21-8-6-7-18(3)12-21/h6-10,12-16H,4-5,11,17H2,1-3H3,(H,32,34)(H,33,35)/b31-16+. The summed E-state index contributed by atoms with van der Waals surface area (Å²) in [6, 6.07) is 16.1. The largest absolute Gasteiger partial charge is 0.490 e. The Hall–Kier alpha value is -3.37. The van der Waals surface area contributed by atoms with E-state index in [1.54, 1.807) is 30.3 Å². The van der Waals surface area contributed by atoms with Crippen molar-refractivity contribution >= 4 is 55.6 Å². The first-order valence-electron chi connectivity index (χ1n) is 12.0. The summed E-state index contributed by atoms with van der Waals surface area (Å²) in [6.07, 6.45) is 2.37. The molecule has 38 heavy (non-hydrogen) atoms. The van der Waals surface area contributed by atoms with Crippen LogP contribution in [0.2, 0.25) is 0 Å². The van der Waals surface area contributed by atoms with Gasteiger partial charge in [0.25, 0.3) is 11.8 Å². The number of benzene rings is 3. The number of ether oxygens (including phenoxy) is 3. The molecule has 0 aromatic heterocycles. The summed E-state index contributed by atoms with van der Waals surface area (Å²) < 4.78 is 18.2. The average molecular weight is 647 g/mol. The number of carbonyl (C=O) groups is 2. The fourth-order valence-electron chi connectivity index (χ4n) is 3.33. The van der Waals surface area contributed by atoms with Crippen molar-refractivity contribution in [2.45, 2.75) is 27.2 Å². The smallest absolute Gasteiger partial charge is 0.271 e. The predicted molar refractivity (Wildman–Crippen MR) is 156 cm³/mol. The van der Waals surface area contributed by atoms with E-state index >= 15 is 0 Å². The van der Waals surface area contributed by atoms with E-state index in [9.17, 15) is 9.59 Å². The maximum absolute atomic E-state index is 12.6. The second-order valence-corrected chi connectivity index (χ2v) is 9.87. The van der Waals surface area contributed by atoms with Crippen LogP contribution in [-0.4, -0.2) is 37.8 Å². The molecule has 10 heteroatoms. The van der Waals surface area contributed by atoms with E-state index in [2.05, 4.69) is 47.7 Å². The van der Waals surface area contributed by atoms with E-state index in [1.807, 2.05) is 45.0 Å². The van der Waals surface area contributed by atoms with Crippen molar-refractivity contribution in [1.82, 2.24) is 5.43 Å². The van der Waals surface area contributed by atoms with Crippen LogP contribution < -0.4 is 25.0 Å². The van der Waals surface area contributed by atoms with Gasteiger partial charge in [-0.05, 0) is 106 Å². The van der Waals surface area contributed by atoms with Gasteiger partial charge in [0.05, 0.1) is 28.4 Å². The van der Waals surface area contributed by atoms with Crippen LogP contribution in [-0.2, 0) is 4.79 Å². The van der Waals surface area contributed by atoms with E-state index in [-0.39, 0.29) is 18.4 Å². The monoisotopic (exact) mass is 645 g/mol. The van der Waals surface area contributed by atoms with Crippen LogP contribution in [0.1, 0.15) is 41.8 Å². The zero-order valence-electron chi connectivity index (χ0n) is 21.3. The van der Waals surface area contributed by atoms with Crippen LogP contribution in [0, 0.1) is 6.92 Å². The molecular weight excluding hydrogens is 618 g/mol. The first-order valence-corrected chi connectivity index (χ1v) is 13.6. The molecule has 3 aromatic carbocycles. The summed E-state index contributed by atoms with van der Waals surface area (Å²) in [6.45, 7) is 6.69. The maximum Gasteiger partial charge on any atom is 0.271 e. The van der Waals surface area contributed by atoms with Crippen molar-refractivity contribution in [3.05, 3.63) is 80.2 Å². The molecule has 200 valence electrons. The molecule has 0 saturated heterocycles. The molecule has 0 bridgehead atoms. The highest BCUT2D eigenvalue weighted by molar-refractivity contribution is 9.11. The molecule has 2 amide bonds. The van der Waals surface area contributed by atoms with Crippen LogP contribution in [0.4, 0.5) is 5.69 Å². The minimum absolute atomic E-state index is 0.166. The van der Waals surface area contributed by atoms with Crippen molar-refractivity contribution < 1.29 is 23.8 Å². The van der Waals surface area contributed by atoms with Gasteiger partial charge in [-0.3, -0.25) is 9.59 Å². The topological polar surface area (TPSA) is 98.3 Å². The summed E-state index contributed by atoms with van der Waals surface area (Å²) in [7, 11) is 0. The lowest BCUT2D eigenvalue weighted by molar-refractivity contribution is -0.118. The van der Waals surface area contributed by atoms with Crippen molar-refractivity contribution in [1.29, 1.82) is 0 Å². The van der Waals surface area contributed by atoms with Gasteiger partial charge in [-0.2, -0.15) is 5.10 Å². The van der Waals surface area contributed by atoms with Gasteiger partial charge in [0.2, 0.25) is 0 Å². The first kappa shape index (κ1) is 29.2. The number of hydrogen-bond acceptors (Lipinski definition) is 6. The second kappa shape index (κ2) is 14.5. The number of carbonyl (C=O) groups excluding carboxylic acids is 2. The Morgan fingerprint density at radius 2 is 1.71 bits per heavy atom. The van der Waals surface area contributed by atoms with Crippen molar-refractivity contribution in [3.63, 3.8) is 0 Å². The van der Waals surface area contributed by atoms with Gasteiger partial charge in [-0.15, -0.1) is 0 Å². The number of hydrazone groups is 1. The van der Waals surface area contributed by atoms with Gasteiger partial charge in [-0.25, -0.2) is 5.43 Å². The molecule has 0 fully saturated rings. The number of aryl methyl sites for hydroxylation is 1. The average Bonchev–Trinajstić information content (AvgIpc) is 2.87. The third-order valence-corrected chi connectivity index (χ3v) is 6.20. The molecule has 3 rings (SSSR count). The summed E-state index contributed by atoms with van der Waals surface area (Å²) in [4.78, 5) is 24.9. The van der Waals surface area contributed by atoms with E-state index < -0.39 is 0 Å². The minimum atomic E-state index is -0.387. The summed E-state index contributed by atoms with van der Waals surface area (Å²) in [5.74, 6) is 0.911. The lowest BCUT2D eigenvalue weighted by Crippen LogP contribution is -2.20. The highest BCUT2D eigenvalue weighted by atomic mass is 79.9. The molecule has 0 radical (unpaired) electrons. The Morgan fingerprint density at radius 1 is 0.947 bits per heavy atom. The van der Waals surface area contributed by atoms with Crippen LogP contribution in [0.3, 0.4) is 0 Å². The Kier molecular flexibility index (Phi) is 11.2. The summed E-state index contributed by atoms with van der Waals surface area (Å²) >= 11 is 6.94. The van der Waals surface area contributed by atoms with Gasteiger partial charge < -0.3 is 19.5 Å². The van der Waals surface area contributed by atoms with Crippen LogP contribution >= 0.6 is 31.9 Å². The molecule has 0 aliphatic rings. The maximum atomic E-state index is 12.6. The third-order valence-electron chi connectivity index (χ3n) is 5.02. The Labute approximate surface area is 239 Å². The molecular formula is C28H29Br2N3O5. The Bertz CT molecular complexity index is 1290. The molecule has 0 saturated carbocycles. The summed E-state index contributed by atoms with van der Waals surface area (Å²) in [5, 5.41) is 6.87. The zero-order valence-corrected chi connectivity index (χ0v) is 24.5. The number of nitrogens with zero attached hydrogens (tertiary/aromatic N) is 1. The van der Waals surface area contributed by atoms with E-state index in [4.69, 9.17) is 14.2 Å². The Balaban J connectivity index is 1.59. The van der Waals surface area contributed by atoms with Gasteiger partial charge >= 0.3 is 0 Å². The van der Waals surface area contributed by atoms with Crippen LogP contribution in [0.25, 0.3) is 0 Å². The van der Waals surface area contributed by atoms with E-state index in [1.165, 1.54) is 6.21 Å². The van der Waals surface area contributed by atoms with E-state index in [0.29, 0.717) is 56.2 Å². The number of amides is 2. The van der Waals surface area contributed by atoms with Crippen molar-refractivity contribution in [2.24, 2.45) is 5.10 Å². The normalized spacial score (nSPS) is 10.8. The molecule has 3 aromatic rings. The zero-order chi connectivity index (χ0) is 27.5. The minimum Gasteiger partial charge on any atom is -0.490 e. The second-order valence-electron chi connectivity index (χ2n) is 8.16. The van der Waals surface area contributed by atoms with Crippen molar-refractivity contribution in [3.8, 4) is 17.2 Å². The SMILES string of the molecule is CCCOc1ccc(C(=O)N/N=C/c2cc(Br)c(OCC(=O)Nc3cccc(C)c3)c(Br)c2)cc1OCC. The quantitative estimate of drug-likeness (QED) is 0.173. The molecule has 0 heterocycles. The molecule has 0 unspecified atom stereocenters. The Morgan fingerprint density at radius 3 is 2.39 bits per heavy atom. The molecule has 2 N–H and O–H groups in total. The lowest BCUT2D eigenvalue weighted by Gasteiger charge is -2.12. The number of nitrogens with one attached hydrogen (secondary N) is 2. The fourth-order valence-corrected chi connectivity index (χ4v) is 4.78. The first-order chi connectivity index (χ1) is 18.3. The highest BCUT2D eigenvalue weighted by Gasteiger charge is 2.13. The van der Waals surface area contributed by atoms with Crippen LogP contribution in [0.15, 0.2) is 68.6 Å². The molecule has 0 aliphatic heterocycles. The van der Waals surface area contributed by atoms with Gasteiger partial charge in [-0.1, -0.05) is 19.1 Å². The summed E-state index contributed by atoms with van der Waals surface area (Å²) in [5.41, 5.74) is 5.36. The number of halogens is 2. The predicted octanol–water partition coefficient (Wildman–Crippen LogP) is 6.49. The molecule has 0 spiro atoms. The van der Waals surface area contributed by atoms with Crippen LogP contribution in [0.5, 0.6) is 17.2 Å². The molecule has 8 nitrogen and oxygen atoms in total. The number of anilines is 1. The lowest BCUT2D eigenvalue weighted by atomic mass is 10.2. The fraction of sp³-hybridized carbons (Fsp3) is 0.250. The number of hydrogen-bond donors (Lipinski definition) is 2. The number of rotatable bonds is 12. The van der Waals surface area contributed by atoms with Gasteiger partial charge in [0.1, 0.15) is 5.75 Å². The highest BCUT2D eigenvalue weighted by Crippen LogP contribution is 2.34. The third kappa shape index (κ3) is 8.59.